The number of nitrogens with zero attached hydrogens (tertiary/aromatic N) is 3. The molecule has 0 saturated carbocycles. The molecule has 4 nitrogen and oxygen atoms in total. The number of nitriles is 1. The fourth-order valence-corrected chi connectivity index (χ4v) is 2.01. The van der Waals surface area contributed by atoms with Crippen molar-refractivity contribution in [1.29, 1.82) is 5.26 Å². The van der Waals surface area contributed by atoms with Gasteiger partial charge in [-0.3, -0.25) is 0 Å². The molecule has 0 radical (unpaired) electrons. The number of hydrogen-bond acceptors (Lipinski definition) is 5. The Kier molecular flexibility index (Phi) is 3.92. The van der Waals surface area contributed by atoms with Crippen molar-refractivity contribution in [1.82, 2.24) is 9.97 Å². The molecule has 1 aromatic rings. The largest absolute Gasteiger partial charge is 0.382 e. The zero-order valence-electron chi connectivity index (χ0n) is 9.11. The van der Waals surface area contributed by atoms with E-state index in [-0.39, 0.29) is 5.82 Å². The summed E-state index contributed by atoms with van der Waals surface area (Å²) in [5, 5.41) is 9.62. The summed E-state index contributed by atoms with van der Waals surface area (Å²) in [6, 6.07) is 2.04. The summed E-state index contributed by atoms with van der Waals surface area (Å²) in [4.78, 5) is 8.19. The Labute approximate surface area is 93.9 Å². The van der Waals surface area contributed by atoms with Gasteiger partial charge in [-0.2, -0.15) is 5.26 Å². The van der Waals surface area contributed by atoms with Gasteiger partial charge in [0.15, 0.2) is 0 Å². The predicted octanol–water partition coefficient (Wildman–Crippen LogP) is 1.99. The van der Waals surface area contributed by atoms with Crippen molar-refractivity contribution in [3.63, 3.8) is 0 Å². The molecule has 1 aromatic heterocycles. The molecule has 5 heteroatoms. The molecule has 0 aliphatic heterocycles. The highest BCUT2D eigenvalue weighted by Crippen LogP contribution is 2.24. The van der Waals surface area contributed by atoms with Crippen LogP contribution < -0.4 is 5.73 Å². The van der Waals surface area contributed by atoms with E-state index in [1.165, 1.54) is 0 Å². The van der Waals surface area contributed by atoms with Crippen molar-refractivity contribution in [2.45, 2.75) is 25.8 Å². The topological polar surface area (TPSA) is 75.6 Å². The Morgan fingerprint density at radius 2 is 2.13 bits per heavy atom. The molecular weight excluding hydrogens is 208 g/mol. The average Bonchev–Trinajstić information content (AvgIpc) is 2.13. The molecule has 0 aromatic carbocycles. The van der Waals surface area contributed by atoms with E-state index in [0.717, 1.165) is 5.75 Å². The minimum Gasteiger partial charge on any atom is -0.382 e. The second kappa shape index (κ2) is 4.99. The first-order chi connectivity index (χ1) is 7.04. The summed E-state index contributed by atoms with van der Waals surface area (Å²) < 4.78 is 0. The number of thioether (sulfide) groups is 1. The van der Waals surface area contributed by atoms with E-state index in [4.69, 9.17) is 11.0 Å². The van der Waals surface area contributed by atoms with Crippen LogP contribution in [-0.4, -0.2) is 15.7 Å². The maximum absolute atomic E-state index is 8.93. The summed E-state index contributed by atoms with van der Waals surface area (Å²) in [7, 11) is 0. The quantitative estimate of drug-likeness (QED) is 0.625. The third-order valence-corrected chi connectivity index (χ3v) is 3.08. The van der Waals surface area contributed by atoms with Gasteiger partial charge in [0.25, 0.3) is 0 Å². The molecule has 2 N–H and O–H groups in total. The third kappa shape index (κ3) is 3.10. The van der Waals surface area contributed by atoms with Crippen LogP contribution >= 0.6 is 11.8 Å². The Balaban J connectivity index is 3.00. The van der Waals surface area contributed by atoms with Crippen LogP contribution in [0.5, 0.6) is 0 Å². The Hall–Kier alpha value is -1.28. The van der Waals surface area contributed by atoms with Crippen LogP contribution in [0.1, 0.15) is 25.2 Å². The molecule has 0 unspecified atom stereocenters. The highest BCUT2D eigenvalue weighted by Gasteiger charge is 2.11. The number of aryl methyl sites for hydroxylation is 1. The van der Waals surface area contributed by atoms with Crippen LogP contribution in [0.15, 0.2) is 5.03 Å². The van der Waals surface area contributed by atoms with Crippen molar-refractivity contribution in [2.75, 3.05) is 11.5 Å². The molecule has 1 rings (SSSR count). The SMILES string of the molecule is Cc1nc(N)c(C#N)c(SCC(C)C)n1. The number of nitrogen functional groups attached to an aromatic ring is 1. The molecule has 0 amide bonds. The van der Waals surface area contributed by atoms with Gasteiger partial charge in [-0.1, -0.05) is 13.8 Å². The zero-order chi connectivity index (χ0) is 11.4. The number of hydrogen-bond donors (Lipinski definition) is 1. The molecule has 0 spiro atoms. The Bertz CT molecular complexity index is 395. The zero-order valence-corrected chi connectivity index (χ0v) is 9.93. The number of anilines is 1. The Morgan fingerprint density at radius 1 is 1.47 bits per heavy atom. The number of rotatable bonds is 3. The molecule has 0 atom stereocenters. The molecule has 0 aliphatic rings. The summed E-state index contributed by atoms with van der Waals surface area (Å²) in [6.45, 7) is 6.02. The van der Waals surface area contributed by atoms with Crippen molar-refractivity contribution in [2.24, 2.45) is 5.92 Å². The van der Waals surface area contributed by atoms with Gasteiger partial charge in [-0.05, 0) is 12.8 Å². The second-order valence-corrected chi connectivity index (χ2v) is 4.66. The van der Waals surface area contributed by atoms with Gasteiger partial charge in [0.2, 0.25) is 0 Å². The van der Waals surface area contributed by atoms with Gasteiger partial charge in [0.05, 0.1) is 0 Å². The molecule has 0 fully saturated rings. The van der Waals surface area contributed by atoms with Gasteiger partial charge < -0.3 is 5.73 Å². The van der Waals surface area contributed by atoms with E-state index in [2.05, 4.69) is 23.8 Å². The molecule has 1 heterocycles. The van der Waals surface area contributed by atoms with Crippen molar-refractivity contribution >= 4 is 17.6 Å². The third-order valence-electron chi connectivity index (χ3n) is 1.68. The molecule has 15 heavy (non-hydrogen) atoms. The number of nitrogens with two attached hydrogens (primary N) is 1. The van der Waals surface area contributed by atoms with Crippen LogP contribution in [0.4, 0.5) is 5.82 Å². The average molecular weight is 222 g/mol. The lowest BCUT2D eigenvalue weighted by atomic mass is 10.3. The van der Waals surface area contributed by atoms with Crippen molar-refractivity contribution in [3.8, 4) is 6.07 Å². The lowest BCUT2D eigenvalue weighted by Gasteiger charge is -2.07. The maximum atomic E-state index is 8.93. The van der Waals surface area contributed by atoms with E-state index in [1.54, 1.807) is 18.7 Å². The van der Waals surface area contributed by atoms with Crippen LogP contribution in [-0.2, 0) is 0 Å². The standard InChI is InChI=1S/C10H14N4S/c1-6(2)5-15-10-8(4-11)9(12)13-7(3)14-10/h6H,5H2,1-3H3,(H2,12,13,14). The highest BCUT2D eigenvalue weighted by atomic mass is 32.2. The first-order valence-electron chi connectivity index (χ1n) is 4.71. The van der Waals surface area contributed by atoms with Crippen molar-refractivity contribution < 1.29 is 0 Å². The van der Waals surface area contributed by atoms with Crippen LogP contribution in [0.2, 0.25) is 0 Å². The summed E-state index contributed by atoms with van der Waals surface area (Å²) in [5.74, 6) is 2.36. The van der Waals surface area contributed by atoms with E-state index in [9.17, 15) is 0 Å². The lowest BCUT2D eigenvalue weighted by Crippen LogP contribution is -2.03. The maximum Gasteiger partial charge on any atom is 0.146 e. The van der Waals surface area contributed by atoms with Gasteiger partial charge in [0.1, 0.15) is 28.3 Å². The highest BCUT2D eigenvalue weighted by molar-refractivity contribution is 7.99. The van der Waals surface area contributed by atoms with E-state index in [1.807, 2.05) is 6.07 Å². The van der Waals surface area contributed by atoms with Crippen molar-refractivity contribution in [3.05, 3.63) is 11.4 Å². The number of aromatic nitrogens is 2. The molecule has 0 bridgehead atoms. The molecule has 0 aliphatic carbocycles. The fourth-order valence-electron chi connectivity index (χ4n) is 1.02. The fraction of sp³-hybridized carbons (Fsp3) is 0.500. The summed E-state index contributed by atoms with van der Waals surface area (Å²) in [5.41, 5.74) is 6.05. The minimum atomic E-state index is 0.274. The first-order valence-corrected chi connectivity index (χ1v) is 5.70. The van der Waals surface area contributed by atoms with Crippen LogP contribution in [0.25, 0.3) is 0 Å². The van der Waals surface area contributed by atoms with E-state index >= 15 is 0 Å². The first kappa shape index (κ1) is 11.8. The monoisotopic (exact) mass is 222 g/mol. The van der Waals surface area contributed by atoms with Crippen LogP contribution in [0, 0.1) is 24.2 Å². The van der Waals surface area contributed by atoms with E-state index in [0.29, 0.717) is 22.3 Å². The van der Waals surface area contributed by atoms with Gasteiger partial charge in [-0.25, -0.2) is 9.97 Å². The molecule has 80 valence electrons. The smallest absolute Gasteiger partial charge is 0.146 e. The molecule has 0 saturated heterocycles. The second-order valence-electron chi connectivity index (χ2n) is 3.65. The normalized spacial score (nSPS) is 10.3. The summed E-state index contributed by atoms with van der Waals surface area (Å²) in [6.07, 6.45) is 0. The van der Waals surface area contributed by atoms with Gasteiger partial charge in [-0.15, -0.1) is 11.8 Å². The minimum absolute atomic E-state index is 0.274. The molecular formula is C10H14N4S. The lowest BCUT2D eigenvalue weighted by molar-refractivity contribution is 0.749. The Morgan fingerprint density at radius 3 is 2.67 bits per heavy atom. The predicted molar refractivity (Wildman–Crippen MR) is 61.5 cm³/mol. The van der Waals surface area contributed by atoms with Gasteiger partial charge in [0, 0.05) is 5.75 Å². The van der Waals surface area contributed by atoms with Gasteiger partial charge >= 0.3 is 0 Å². The summed E-state index contributed by atoms with van der Waals surface area (Å²) >= 11 is 1.55. The van der Waals surface area contributed by atoms with E-state index < -0.39 is 0 Å². The van der Waals surface area contributed by atoms with Crippen LogP contribution in [0.3, 0.4) is 0 Å².